The summed E-state index contributed by atoms with van der Waals surface area (Å²) < 4.78 is 3.82. The molecule has 0 spiro atoms. The Morgan fingerprint density at radius 2 is 2.03 bits per heavy atom. The van der Waals surface area contributed by atoms with Gasteiger partial charge in [0.1, 0.15) is 10.7 Å². The molecule has 0 saturated carbocycles. The lowest BCUT2D eigenvalue weighted by atomic mass is 10.2. The summed E-state index contributed by atoms with van der Waals surface area (Å²) in [5.41, 5.74) is 0.936. The zero-order chi connectivity index (χ0) is 21.5. The van der Waals surface area contributed by atoms with Crippen molar-refractivity contribution in [1.82, 2.24) is 29.2 Å². The number of fused-ring (bicyclic) bond motifs is 2. The summed E-state index contributed by atoms with van der Waals surface area (Å²) in [5.74, 6) is 2.06. The number of aromatic nitrogens is 5. The summed E-state index contributed by atoms with van der Waals surface area (Å²) in [7, 11) is 0. The molecule has 5 heterocycles. The van der Waals surface area contributed by atoms with E-state index in [2.05, 4.69) is 19.7 Å². The Morgan fingerprint density at radius 1 is 1.16 bits per heavy atom. The van der Waals surface area contributed by atoms with Crippen LogP contribution in [0.5, 0.6) is 0 Å². The van der Waals surface area contributed by atoms with Crippen LogP contribution in [0.1, 0.15) is 66.7 Å². The van der Waals surface area contributed by atoms with Crippen molar-refractivity contribution >= 4 is 27.5 Å². The van der Waals surface area contributed by atoms with Gasteiger partial charge in [-0.1, -0.05) is 6.42 Å². The van der Waals surface area contributed by atoms with E-state index in [1.54, 1.807) is 22.2 Å². The first kappa shape index (κ1) is 20.4. The number of carbonyl (C=O) groups excluding carboxylic acids is 1. The topological polar surface area (TPSA) is 85.9 Å². The molecule has 1 saturated heterocycles. The highest BCUT2D eigenvalue weighted by Crippen LogP contribution is 2.33. The van der Waals surface area contributed by atoms with E-state index in [0.717, 1.165) is 72.1 Å². The van der Waals surface area contributed by atoms with E-state index in [-0.39, 0.29) is 23.9 Å². The van der Waals surface area contributed by atoms with Crippen LogP contribution in [0.25, 0.3) is 10.2 Å². The predicted octanol–water partition coefficient (Wildman–Crippen LogP) is 3.15. The molecule has 9 heteroatoms. The average Bonchev–Trinajstić information content (AvgIpc) is 3.41. The second-order valence-electron chi connectivity index (χ2n) is 8.64. The first-order chi connectivity index (χ1) is 15.0. The summed E-state index contributed by atoms with van der Waals surface area (Å²) in [6, 6.07) is -0.00838. The minimum atomic E-state index is -0.0552. The molecule has 31 heavy (non-hydrogen) atoms. The number of likely N-dealkylation sites (tertiary alicyclic amines) is 1. The van der Waals surface area contributed by atoms with E-state index in [1.165, 1.54) is 6.42 Å². The Kier molecular flexibility index (Phi) is 5.37. The van der Waals surface area contributed by atoms with Crippen LogP contribution in [0, 0.1) is 13.8 Å². The van der Waals surface area contributed by atoms with Crippen LogP contribution in [0.3, 0.4) is 0 Å². The Bertz CT molecular complexity index is 1190. The van der Waals surface area contributed by atoms with Crippen molar-refractivity contribution in [3.63, 3.8) is 0 Å². The average molecular weight is 441 g/mol. The lowest BCUT2D eigenvalue weighted by Gasteiger charge is -2.25. The van der Waals surface area contributed by atoms with Crippen molar-refractivity contribution in [1.29, 1.82) is 0 Å². The van der Waals surface area contributed by atoms with Gasteiger partial charge in [-0.3, -0.25) is 14.2 Å². The van der Waals surface area contributed by atoms with Gasteiger partial charge >= 0.3 is 0 Å². The van der Waals surface area contributed by atoms with Gasteiger partial charge in [-0.2, -0.15) is 0 Å². The third-order valence-electron chi connectivity index (χ3n) is 6.73. The van der Waals surface area contributed by atoms with Crippen LogP contribution in [0.4, 0.5) is 0 Å². The number of carbonyl (C=O) groups is 1. The van der Waals surface area contributed by atoms with E-state index >= 15 is 0 Å². The highest BCUT2D eigenvalue weighted by atomic mass is 32.1. The summed E-state index contributed by atoms with van der Waals surface area (Å²) in [6.07, 6.45) is 8.23. The van der Waals surface area contributed by atoms with Crippen LogP contribution in [-0.4, -0.2) is 41.7 Å². The van der Waals surface area contributed by atoms with E-state index in [9.17, 15) is 9.59 Å². The number of aryl methyl sites for hydroxylation is 4. The summed E-state index contributed by atoms with van der Waals surface area (Å²) in [6.45, 7) is 5.99. The molecule has 164 valence electrons. The maximum Gasteiger partial charge on any atom is 0.262 e. The molecule has 0 radical (unpaired) electrons. The molecule has 1 atom stereocenters. The molecule has 2 aliphatic heterocycles. The smallest absolute Gasteiger partial charge is 0.262 e. The van der Waals surface area contributed by atoms with Crippen LogP contribution in [-0.2, 0) is 24.3 Å². The molecular weight excluding hydrogens is 412 g/mol. The van der Waals surface area contributed by atoms with Crippen molar-refractivity contribution in [3.8, 4) is 0 Å². The lowest BCUT2D eigenvalue weighted by molar-refractivity contribution is -0.132. The predicted molar refractivity (Wildman–Crippen MR) is 119 cm³/mol. The molecule has 0 aromatic carbocycles. The molecule has 5 rings (SSSR count). The van der Waals surface area contributed by atoms with Gasteiger partial charge in [-0.15, -0.1) is 21.5 Å². The Hall–Kier alpha value is -2.55. The zero-order valence-electron chi connectivity index (χ0n) is 18.1. The lowest BCUT2D eigenvalue weighted by Crippen LogP contribution is -2.33. The van der Waals surface area contributed by atoms with Crippen LogP contribution < -0.4 is 5.56 Å². The molecule has 8 nitrogen and oxygen atoms in total. The van der Waals surface area contributed by atoms with Gasteiger partial charge < -0.3 is 9.47 Å². The van der Waals surface area contributed by atoms with Crippen LogP contribution in [0.2, 0.25) is 0 Å². The van der Waals surface area contributed by atoms with Crippen molar-refractivity contribution in [3.05, 3.63) is 38.8 Å². The fourth-order valence-electron chi connectivity index (χ4n) is 4.88. The van der Waals surface area contributed by atoms with Gasteiger partial charge in [0.15, 0.2) is 5.82 Å². The Labute approximate surface area is 184 Å². The number of rotatable bonds is 4. The largest absolute Gasteiger partial charge is 0.332 e. The molecule has 0 bridgehead atoms. The van der Waals surface area contributed by atoms with E-state index in [1.807, 2.05) is 18.7 Å². The van der Waals surface area contributed by atoms with Gasteiger partial charge in [0, 0.05) is 37.4 Å². The second-order valence-corrected chi connectivity index (χ2v) is 9.84. The fraction of sp³-hybridized carbons (Fsp3) is 0.591. The summed E-state index contributed by atoms with van der Waals surface area (Å²) in [4.78, 5) is 34.3. The quantitative estimate of drug-likeness (QED) is 0.622. The van der Waals surface area contributed by atoms with Gasteiger partial charge in [-0.05, 0) is 45.1 Å². The Balaban J connectivity index is 1.33. The van der Waals surface area contributed by atoms with Crippen molar-refractivity contribution in [2.75, 3.05) is 6.54 Å². The number of nitrogens with zero attached hydrogens (tertiary/aromatic N) is 6. The number of thiophene rings is 1. The van der Waals surface area contributed by atoms with Crippen molar-refractivity contribution < 1.29 is 4.79 Å². The highest BCUT2D eigenvalue weighted by Gasteiger charge is 2.34. The summed E-state index contributed by atoms with van der Waals surface area (Å²) >= 11 is 1.54. The third kappa shape index (κ3) is 3.58. The maximum absolute atomic E-state index is 13.1. The normalized spacial score (nSPS) is 19.0. The zero-order valence-corrected chi connectivity index (χ0v) is 19.0. The van der Waals surface area contributed by atoms with E-state index in [0.29, 0.717) is 11.9 Å². The number of hydrogen-bond acceptors (Lipinski definition) is 6. The van der Waals surface area contributed by atoms with Gasteiger partial charge in [0.05, 0.1) is 17.8 Å². The molecule has 1 amide bonds. The first-order valence-corrected chi connectivity index (χ1v) is 12.0. The van der Waals surface area contributed by atoms with E-state index in [4.69, 9.17) is 0 Å². The number of hydrogen-bond donors (Lipinski definition) is 0. The molecule has 0 N–H and O–H groups in total. The fourth-order valence-corrected chi connectivity index (χ4v) is 5.86. The molecule has 0 aliphatic carbocycles. The SMILES string of the molecule is Cc1sc2ncn(CCC(=O)N3CCCC3c3nnc4n3CCCCC4)c(=O)c2c1C. The van der Waals surface area contributed by atoms with Crippen molar-refractivity contribution in [2.24, 2.45) is 0 Å². The van der Waals surface area contributed by atoms with Crippen LogP contribution >= 0.6 is 11.3 Å². The molecule has 2 aliphatic rings. The first-order valence-electron chi connectivity index (χ1n) is 11.2. The molecular formula is C22H28N6O2S. The highest BCUT2D eigenvalue weighted by molar-refractivity contribution is 7.18. The van der Waals surface area contributed by atoms with Gasteiger partial charge in [0.25, 0.3) is 5.56 Å². The standard InChI is InChI=1S/C22H28N6O2S/c1-14-15(2)31-21-19(14)22(30)26(13-23-21)12-9-18(29)27-11-6-7-16(27)20-25-24-17-8-4-3-5-10-28(17)20/h13,16H,3-12H2,1-2H3. The van der Waals surface area contributed by atoms with E-state index < -0.39 is 0 Å². The second kappa shape index (κ2) is 8.18. The third-order valence-corrected chi connectivity index (χ3v) is 7.85. The Morgan fingerprint density at radius 3 is 2.90 bits per heavy atom. The number of amides is 1. The summed E-state index contributed by atoms with van der Waals surface area (Å²) in [5, 5.41) is 9.59. The monoisotopic (exact) mass is 440 g/mol. The molecule has 1 unspecified atom stereocenters. The molecule has 1 fully saturated rings. The minimum Gasteiger partial charge on any atom is -0.332 e. The maximum atomic E-state index is 13.1. The molecule has 3 aromatic rings. The van der Waals surface area contributed by atoms with Gasteiger partial charge in [-0.25, -0.2) is 4.98 Å². The minimum absolute atomic E-state index is 0.00838. The van der Waals surface area contributed by atoms with Crippen molar-refractivity contribution in [2.45, 2.75) is 77.9 Å². The van der Waals surface area contributed by atoms with Crippen LogP contribution in [0.15, 0.2) is 11.1 Å². The van der Waals surface area contributed by atoms with Gasteiger partial charge in [0.2, 0.25) is 5.91 Å². The molecule has 3 aromatic heterocycles.